The van der Waals surface area contributed by atoms with Crippen LogP contribution in [0.15, 0.2) is 29.2 Å². The summed E-state index contributed by atoms with van der Waals surface area (Å²) in [6, 6.07) is 6.76. The minimum absolute atomic E-state index is 0.00777. The average Bonchev–Trinajstić information content (AvgIpc) is 2.65. The Morgan fingerprint density at radius 2 is 2.08 bits per heavy atom. The van der Waals surface area contributed by atoms with Crippen LogP contribution in [0.5, 0.6) is 0 Å². The third kappa shape index (κ3) is 5.77. The standard InChI is InChI=1S/C18H29N3O4S/c1-14-5-7-17(8-6-14)26(23,24)20-12-15-4-3-9-21(13-15)18(22)10-16(11-19)25-2/h5-8,15-16,20H,3-4,9-13,19H2,1-2H3. The highest BCUT2D eigenvalue weighted by molar-refractivity contribution is 7.89. The fourth-order valence-electron chi connectivity index (χ4n) is 3.07. The van der Waals surface area contributed by atoms with Gasteiger partial charge in [0.15, 0.2) is 0 Å². The van der Waals surface area contributed by atoms with Gasteiger partial charge in [-0.25, -0.2) is 13.1 Å². The highest BCUT2D eigenvalue weighted by Gasteiger charge is 2.26. The Hall–Kier alpha value is -1.48. The van der Waals surface area contributed by atoms with Crippen molar-refractivity contribution in [2.24, 2.45) is 11.7 Å². The van der Waals surface area contributed by atoms with E-state index in [0.717, 1.165) is 18.4 Å². The van der Waals surface area contributed by atoms with Crippen LogP contribution in [0.25, 0.3) is 0 Å². The number of likely N-dealkylation sites (tertiary alicyclic amines) is 1. The lowest BCUT2D eigenvalue weighted by atomic mass is 9.98. The van der Waals surface area contributed by atoms with Crippen molar-refractivity contribution in [3.63, 3.8) is 0 Å². The number of nitrogens with one attached hydrogen (secondary N) is 1. The molecule has 0 aromatic heterocycles. The predicted molar refractivity (Wildman–Crippen MR) is 100 cm³/mol. The molecule has 0 saturated carbocycles. The molecule has 1 aromatic rings. The summed E-state index contributed by atoms with van der Waals surface area (Å²) in [5.41, 5.74) is 6.59. The number of methoxy groups -OCH3 is 1. The van der Waals surface area contributed by atoms with Gasteiger partial charge in [-0.3, -0.25) is 4.79 Å². The van der Waals surface area contributed by atoms with E-state index in [1.807, 2.05) is 6.92 Å². The van der Waals surface area contributed by atoms with E-state index in [0.29, 0.717) is 26.2 Å². The number of rotatable bonds is 8. The first kappa shape index (κ1) is 20.8. The summed E-state index contributed by atoms with van der Waals surface area (Å²) >= 11 is 0. The Bertz CT molecular complexity index is 687. The van der Waals surface area contributed by atoms with E-state index < -0.39 is 10.0 Å². The van der Waals surface area contributed by atoms with Crippen LogP contribution in [0.3, 0.4) is 0 Å². The van der Waals surface area contributed by atoms with Gasteiger partial charge in [0, 0.05) is 33.3 Å². The summed E-state index contributed by atoms with van der Waals surface area (Å²) in [6.45, 7) is 3.79. The smallest absolute Gasteiger partial charge is 0.240 e. The molecule has 3 N–H and O–H groups in total. The summed E-state index contributed by atoms with van der Waals surface area (Å²) in [5.74, 6) is 0.111. The quantitative estimate of drug-likeness (QED) is 0.694. The number of sulfonamides is 1. The minimum Gasteiger partial charge on any atom is -0.380 e. The van der Waals surface area contributed by atoms with Gasteiger partial charge < -0.3 is 15.4 Å². The number of aryl methyl sites for hydroxylation is 1. The zero-order chi connectivity index (χ0) is 19.2. The van der Waals surface area contributed by atoms with Crippen molar-refractivity contribution in [3.05, 3.63) is 29.8 Å². The molecule has 0 aliphatic carbocycles. The molecule has 2 rings (SSSR count). The molecule has 1 heterocycles. The van der Waals surface area contributed by atoms with Crippen LogP contribution in [-0.2, 0) is 19.6 Å². The number of carbonyl (C=O) groups is 1. The monoisotopic (exact) mass is 383 g/mol. The lowest BCUT2D eigenvalue weighted by molar-refractivity contribution is -0.135. The Balaban J connectivity index is 1.89. The SMILES string of the molecule is COC(CN)CC(=O)N1CCCC(CNS(=O)(=O)c2ccc(C)cc2)C1. The molecule has 2 unspecified atom stereocenters. The molecular weight excluding hydrogens is 354 g/mol. The van der Waals surface area contributed by atoms with Crippen molar-refractivity contribution in [1.82, 2.24) is 9.62 Å². The number of carbonyl (C=O) groups excluding carboxylic acids is 1. The van der Waals surface area contributed by atoms with Crippen LogP contribution in [0.4, 0.5) is 0 Å². The van der Waals surface area contributed by atoms with Gasteiger partial charge in [0.05, 0.1) is 17.4 Å². The van der Waals surface area contributed by atoms with Crippen LogP contribution in [0, 0.1) is 12.8 Å². The molecule has 0 bridgehead atoms. The van der Waals surface area contributed by atoms with Gasteiger partial charge in [-0.05, 0) is 37.8 Å². The summed E-state index contributed by atoms with van der Waals surface area (Å²) in [4.78, 5) is 14.4. The number of nitrogens with two attached hydrogens (primary N) is 1. The van der Waals surface area contributed by atoms with Crippen LogP contribution in [-0.4, -0.2) is 58.6 Å². The molecule has 1 fully saturated rings. The third-order valence-electron chi connectivity index (χ3n) is 4.76. The molecule has 146 valence electrons. The maximum atomic E-state index is 12.4. The van der Waals surface area contributed by atoms with E-state index >= 15 is 0 Å². The highest BCUT2D eigenvalue weighted by atomic mass is 32.2. The number of ether oxygens (including phenoxy) is 1. The summed E-state index contributed by atoms with van der Waals surface area (Å²) in [6.07, 6.45) is 1.74. The fourth-order valence-corrected chi connectivity index (χ4v) is 4.19. The molecule has 1 amide bonds. The van der Waals surface area contributed by atoms with Gasteiger partial charge in [0.1, 0.15) is 0 Å². The van der Waals surface area contributed by atoms with Gasteiger partial charge in [-0.1, -0.05) is 17.7 Å². The molecule has 0 spiro atoms. The molecule has 0 radical (unpaired) electrons. The molecule has 7 nitrogen and oxygen atoms in total. The van der Waals surface area contributed by atoms with Crippen LogP contribution in [0.2, 0.25) is 0 Å². The maximum Gasteiger partial charge on any atom is 0.240 e. The Labute approximate surface area is 155 Å². The number of hydrogen-bond acceptors (Lipinski definition) is 5. The first-order valence-corrected chi connectivity index (χ1v) is 10.4. The van der Waals surface area contributed by atoms with Gasteiger partial charge in [0.25, 0.3) is 0 Å². The Kier molecular flexibility index (Phi) is 7.57. The van der Waals surface area contributed by atoms with E-state index in [-0.39, 0.29) is 29.2 Å². The largest absolute Gasteiger partial charge is 0.380 e. The van der Waals surface area contributed by atoms with E-state index in [1.54, 1.807) is 36.3 Å². The summed E-state index contributed by atoms with van der Waals surface area (Å²) in [5, 5.41) is 0. The number of benzene rings is 1. The number of hydrogen-bond donors (Lipinski definition) is 2. The maximum absolute atomic E-state index is 12.4. The van der Waals surface area contributed by atoms with E-state index in [9.17, 15) is 13.2 Å². The lowest BCUT2D eigenvalue weighted by Crippen LogP contribution is -2.45. The molecule has 8 heteroatoms. The first-order chi connectivity index (χ1) is 12.4. The predicted octanol–water partition coefficient (Wildman–Crippen LogP) is 0.876. The number of piperidine rings is 1. The molecule has 1 aliphatic heterocycles. The lowest BCUT2D eigenvalue weighted by Gasteiger charge is -2.33. The highest BCUT2D eigenvalue weighted by Crippen LogP contribution is 2.18. The van der Waals surface area contributed by atoms with Crippen molar-refractivity contribution in [2.45, 2.75) is 37.2 Å². The van der Waals surface area contributed by atoms with Crippen molar-refractivity contribution in [1.29, 1.82) is 0 Å². The Morgan fingerprint density at radius 1 is 1.38 bits per heavy atom. The topological polar surface area (TPSA) is 102 Å². The molecular formula is C18H29N3O4S. The molecule has 26 heavy (non-hydrogen) atoms. The van der Waals surface area contributed by atoms with Crippen LogP contribution in [0.1, 0.15) is 24.8 Å². The third-order valence-corrected chi connectivity index (χ3v) is 6.20. The van der Waals surface area contributed by atoms with Gasteiger partial charge in [-0.15, -0.1) is 0 Å². The minimum atomic E-state index is -3.53. The van der Waals surface area contributed by atoms with Gasteiger partial charge in [0.2, 0.25) is 15.9 Å². The molecule has 2 atom stereocenters. The molecule has 1 saturated heterocycles. The second kappa shape index (κ2) is 9.45. The molecule has 1 aliphatic rings. The summed E-state index contributed by atoms with van der Waals surface area (Å²) < 4.78 is 32.7. The first-order valence-electron chi connectivity index (χ1n) is 8.92. The van der Waals surface area contributed by atoms with Crippen molar-refractivity contribution < 1.29 is 17.9 Å². The van der Waals surface area contributed by atoms with Crippen LogP contribution < -0.4 is 10.5 Å². The Morgan fingerprint density at radius 3 is 2.69 bits per heavy atom. The normalized spacial score (nSPS) is 19.3. The van der Waals surface area contributed by atoms with E-state index in [1.165, 1.54) is 0 Å². The second-order valence-electron chi connectivity index (χ2n) is 6.81. The van der Waals surface area contributed by atoms with Crippen molar-refractivity contribution in [3.8, 4) is 0 Å². The van der Waals surface area contributed by atoms with E-state index in [2.05, 4.69) is 4.72 Å². The number of amides is 1. The average molecular weight is 384 g/mol. The van der Waals surface area contributed by atoms with Crippen molar-refractivity contribution >= 4 is 15.9 Å². The van der Waals surface area contributed by atoms with Crippen molar-refractivity contribution in [2.75, 3.05) is 33.3 Å². The van der Waals surface area contributed by atoms with Gasteiger partial charge in [-0.2, -0.15) is 0 Å². The second-order valence-corrected chi connectivity index (χ2v) is 8.58. The van der Waals surface area contributed by atoms with Gasteiger partial charge >= 0.3 is 0 Å². The zero-order valence-corrected chi connectivity index (χ0v) is 16.3. The molecule has 1 aromatic carbocycles. The number of nitrogens with zero attached hydrogens (tertiary/aromatic N) is 1. The van der Waals surface area contributed by atoms with Crippen LogP contribution >= 0.6 is 0 Å². The fraction of sp³-hybridized carbons (Fsp3) is 0.611. The summed E-state index contributed by atoms with van der Waals surface area (Å²) in [7, 11) is -1.99. The zero-order valence-electron chi connectivity index (χ0n) is 15.5. The van der Waals surface area contributed by atoms with E-state index in [4.69, 9.17) is 10.5 Å².